The summed E-state index contributed by atoms with van der Waals surface area (Å²) in [6.45, 7) is -0.0797. The van der Waals surface area contributed by atoms with Crippen molar-refractivity contribution >= 4 is 41.0 Å². The maximum atomic E-state index is 14.2. The first kappa shape index (κ1) is 21.5. The Labute approximate surface area is 192 Å². The van der Waals surface area contributed by atoms with Gasteiger partial charge in [0.1, 0.15) is 11.4 Å². The molecule has 0 saturated carbocycles. The highest BCUT2D eigenvalue weighted by molar-refractivity contribution is 6.31. The molecule has 0 bridgehead atoms. The van der Waals surface area contributed by atoms with E-state index in [0.29, 0.717) is 16.3 Å². The standard InChI is InChI=1S/C23H19ClFN3O5/c24-14-4-2-1-3-11(14)10-28-20(31)18-16(7-8-17(29)30)27-23(19(18)21(28)32)13-9-12(25)5-6-15(13)26-22(23)33/h1-6,9,16,18-19,27H,7-8,10H2,(H,26,33)(H,29,30). The molecular weight excluding hydrogens is 453 g/mol. The second-order valence-corrected chi connectivity index (χ2v) is 8.90. The normalized spacial score (nSPS) is 27.8. The van der Waals surface area contributed by atoms with Crippen LogP contribution in [0.1, 0.15) is 24.0 Å². The Hall–Kier alpha value is -3.30. The third kappa shape index (κ3) is 3.14. The number of carbonyl (C=O) groups excluding carboxylic acids is 3. The molecule has 10 heteroatoms. The minimum atomic E-state index is -1.67. The van der Waals surface area contributed by atoms with Gasteiger partial charge in [-0.2, -0.15) is 0 Å². The molecule has 4 unspecified atom stereocenters. The number of imide groups is 1. The number of amides is 3. The van der Waals surface area contributed by atoms with Gasteiger partial charge in [-0.05, 0) is 36.2 Å². The Balaban J connectivity index is 1.60. The smallest absolute Gasteiger partial charge is 0.303 e. The first-order chi connectivity index (χ1) is 15.7. The first-order valence-corrected chi connectivity index (χ1v) is 10.8. The number of hydrogen-bond donors (Lipinski definition) is 3. The fourth-order valence-corrected chi connectivity index (χ4v) is 5.51. The number of halogens is 2. The summed E-state index contributed by atoms with van der Waals surface area (Å²) in [6.07, 6.45) is -0.240. The second kappa shape index (κ2) is 7.64. The summed E-state index contributed by atoms with van der Waals surface area (Å²) in [7, 11) is 0. The van der Waals surface area contributed by atoms with Gasteiger partial charge in [-0.25, -0.2) is 4.39 Å². The monoisotopic (exact) mass is 471 g/mol. The van der Waals surface area contributed by atoms with E-state index in [-0.39, 0.29) is 24.9 Å². The van der Waals surface area contributed by atoms with Gasteiger partial charge < -0.3 is 10.4 Å². The molecule has 8 nitrogen and oxygen atoms in total. The Kier molecular flexibility index (Phi) is 4.98. The number of likely N-dealkylation sites (tertiary alicyclic amines) is 1. The molecular formula is C23H19ClFN3O5. The Morgan fingerprint density at radius 2 is 1.91 bits per heavy atom. The molecule has 1 spiro atoms. The minimum absolute atomic E-state index is 0.0229. The summed E-state index contributed by atoms with van der Waals surface area (Å²) < 4.78 is 14.2. The predicted molar refractivity (Wildman–Crippen MR) is 114 cm³/mol. The molecule has 0 aromatic heterocycles. The SMILES string of the molecule is O=C(O)CCC1NC2(C(=O)Nc3ccc(F)cc32)C2C(=O)N(Cc3ccccc3Cl)C(=O)C12. The molecule has 0 aliphatic carbocycles. The van der Waals surface area contributed by atoms with Crippen molar-refractivity contribution in [2.45, 2.75) is 31.0 Å². The topological polar surface area (TPSA) is 116 Å². The summed E-state index contributed by atoms with van der Waals surface area (Å²) in [5.74, 6) is -5.45. The Bertz CT molecular complexity index is 1220. The number of carbonyl (C=O) groups is 4. The van der Waals surface area contributed by atoms with Crippen molar-refractivity contribution in [2.75, 3.05) is 5.32 Å². The van der Waals surface area contributed by atoms with E-state index < -0.39 is 52.9 Å². The third-order valence-electron chi connectivity index (χ3n) is 6.72. The molecule has 0 radical (unpaired) electrons. The van der Waals surface area contributed by atoms with Gasteiger partial charge in [-0.3, -0.25) is 29.4 Å². The number of fused-ring (bicyclic) bond motifs is 4. The zero-order chi connectivity index (χ0) is 23.5. The van der Waals surface area contributed by atoms with Crippen molar-refractivity contribution in [3.05, 3.63) is 64.4 Å². The lowest BCUT2D eigenvalue weighted by molar-refractivity contribution is -0.144. The number of anilines is 1. The largest absolute Gasteiger partial charge is 0.481 e. The molecule has 4 atom stereocenters. The lowest BCUT2D eigenvalue weighted by Crippen LogP contribution is -2.53. The summed E-state index contributed by atoms with van der Waals surface area (Å²) in [4.78, 5) is 52.6. The van der Waals surface area contributed by atoms with Crippen molar-refractivity contribution in [2.24, 2.45) is 11.8 Å². The molecule has 2 aromatic rings. The van der Waals surface area contributed by atoms with Crippen molar-refractivity contribution < 1.29 is 28.7 Å². The van der Waals surface area contributed by atoms with Gasteiger partial charge in [0.25, 0.3) is 0 Å². The molecule has 170 valence electrons. The van der Waals surface area contributed by atoms with Crippen molar-refractivity contribution in [3.8, 4) is 0 Å². The van der Waals surface area contributed by atoms with Gasteiger partial charge in [0.2, 0.25) is 17.7 Å². The third-order valence-corrected chi connectivity index (χ3v) is 7.09. The van der Waals surface area contributed by atoms with Gasteiger partial charge in [-0.15, -0.1) is 0 Å². The van der Waals surface area contributed by atoms with Crippen LogP contribution in [0.2, 0.25) is 5.02 Å². The van der Waals surface area contributed by atoms with E-state index in [1.807, 2.05) is 0 Å². The van der Waals surface area contributed by atoms with E-state index >= 15 is 0 Å². The Morgan fingerprint density at radius 3 is 2.64 bits per heavy atom. The van der Waals surface area contributed by atoms with Crippen LogP contribution in [-0.4, -0.2) is 39.7 Å². The predicted octanol–water partition coefficient (Wildman–Crippen LogP) is 2.26. The van der Waals surface area contributed by atoms with E-state index in [0.717, 1.165) is 4.90 Å². The lowest BCUT2D eigenvalue weighted by Gasteiger charge is -2.29. The highest BCUT2D eigenvalue weighted by atomic mass is 35.5. The molecule has 3 heterocycles. The van der Waals surface area contributed by atoms with Gasteiger partial charge in [-0.1, -0.05) is 29.8 Å². The number of rotatable bonds is 5. The fraction of sp³-hybridized carbons (Fsp3) is 0.304. The number of hydrogen-bond acceptors (Lipinski definition) is 5. The summed E-state index contributed by atoms with van der Waals surface area (Å²) in [6, 6.07) is 9.80. The quantitative estimate of drug-likeness (QED) is 0.576. The molecule has 3 aliphatic heterocycles. The highest BCUT2D eigenvalue weighted by Crippen LogP contribution is 2.53. The lowest BCUT2D eigenvalue weighted by atomic mass is 9.76. The van der Waals surface area contributed by atoms with Gasteiger partial charge in [0.05, 0.1) is 18.4 Å². The molecule has 3 aliphatic rings. The summed E-state index contributed by atoms with van der Waals surface area (Å²) in [5.41, 5.74) is -0.530. The molecule has 2 aromatic carbocycles. The van der Waals surface area contributed by atoms with Crippen LogP contribution in [0.15, 0.2) is 42.5 Å². The van der Waals surface area contributed by atoms with E-state index in [2.05, 4.69) is 10.6 Å². The van der Waals surface area contributed by atoms with Crippen LogP contribution in [0.3, 0.4) is 0 Å². The van der Waals surface area contributed by atoms with E-state index in [1.54, 1.807) is 24.3 Å². The number of benzene rings is 2. The zero-order valence-electron chi connectivity index (χ0n) is 17.2. The molecule has 5 rings (SSSR count). The van der Waals surface area contributed by atoms with Crippen LogP contribution in [0.4, 0.5) is 10.1 Å². The van der Waals surface area contributed by atoms with Crippen LogP contribution in [0.5, 0.6) is 0 Å². The van der Waals surface area contributed by atoms with Crippen molar-refractivity contribution in [3.63, 3.8) is 0 Å². The van der Waals surface area contributed by atoms with Gasteiger partial charge >= 0.3 is 5.97 Å². The van der Waals surface area contributed by atoms with Crippen LogP contribution < -0.4 is 10.6 Å². The van der Waals surface area contributed by atoms with E-state index in [4.69, 9.17) is 11.6 Å². The van der Waals surface area contributed by atoms with Crippen LogP contribution in [0.25, 0.3) is 0 Å². The molecule has 3 N–H and O–H groups in total. The van der Waals surface area contributed by atoms with Crippen molar-refractivity contribution in [1.82, 2.24) is 10.2 Å². The second-order valence-electron chi connectivity index (χ2n) is 8.49. The zero-order valence-corrected chi connectivity index (χ0v) is 17.9. The highest BCUT2D eigenvalue weighted by Gasteiger charge is 2.70. The number of nitrogens with one attached hydrogen (secondary N) is 2. The number of carboxylic acids is 1. The fourth-order valence-electron chi connectivity index (χ4n) is 5.31. The number of carboxylic acid groups (broad SMARTS) is 1. The average molecular weight is 472 g/mol. The van der Waals surface area contributed by atoms with Gasteiger partial charge in [0.15, 0.2) is 0 Å². The van der Waals surface area contributed by atoms with Crippen LogP contribution in [-0.2, 0) is 31.3 Å². The first-order valence-electron chi connectivity index (χ1n) is 10.4. The molecule has 33 heavy (non-hydrogen) atoms. The maximum absolute atomic E-state index is 14.2. The van der Waals surface area contributed by atoms with E-state index in [9.17, 15) is 28.7 Å². The van der Waals surface area contributed by atoms with Crippen LogP contribution in [0, 0.1) is 17.7 Å². The number of aliphatic carboxylic acids is 1. The van der Waals surface area contributed by atoms with Gasteiger partial charge in [0, 0.05) is 28.7 Å². The van der Waals surface area contributed by atoms with Crippen molar-refractivity contribution in [1.29, 1.82) is 0 Å². The van der Waals surface area contributed by atoms with E-state index in [1.165, 1.54) is 18.2 Å². The maximum Gasteiger partial charge on any atom is 0.303 e. The number of nitrogens with zero attached hydrogens (tertiary/aromatic N) is 1. The minimum Gasteiger partial charge on any atom is -0.481 e. The molecule has 3 amide bonds. The summed E-state index contributed by atoms with van der Waals surface area (Å²) in [5, 5.41) is 15.3. The summed E-state index contributed by atoms with van der Waals surface area (Å²) >= 11 is 6.23. The molecule has 2 fully saturated rings. The Morgan fingerprint density at radius 1 is 1.15 bits per heavy atom. The molecule has 2 saturated heterocycles. The average Bonchev–Trinajstić information content (AvgIpc) is 3.34. The van der Waals surface area contributed by atoms with Crippen LogP contribution >= 0.6 is 11.6 Å².